The highest BCUT2D eigenvalue weighted by atomic mass is 35.5. The molecule has 2 aromatic carbocycles. The highest BCUT2D eigenvalue weighted by Gasteiger charge is 2.08. The molecule has 0 saturated heterocycles. The average molecular weight is 288 g/mol. The fourth-order valence-electron chi connectivity index (χ4n) is 2.43. The van der Waals surface area contributed by atoms with Crippen molar-refractivity contribution in [1.29, 1.82) is 0 Å². The van der Waals surface area contributed by atoms with Crippen LogP contribution in [0.2, 0.25) is 5.02 Å². The molecule has 0 radical (unpaired) electrons. The Balaban J connectivity index is 1.80. The molecule has 0 spiro atoms. The Morgan fingerprint density at radius 2 is 1.85 bits per heavy atom. The zero-order valence-corrected chi connectivity index (χ0v) is 12.7. The molecule has 0 aliphatic heterocycles. The highest BCUT2D eigenvalue weighted by Crippen LogP contribution is 2.20. The Morgan fingerprint density at radius 1 is 1.05 bits per heavy atom. The van der Waals surface area contributed by atoms with Crippen LogP contribution in [0.25, 0.3) is 0 Å². The van der Waals surface area contributed by atoms with Gasteiger partial charge in [-0.25, -0.2) is 0 Å². The number of nitrogens with one attached hydrogen (secondary N) is 1. The number of hydrogen-bond acceptors (Lipinski definition) is 1. The molecule has 20 heavy (non-hydrogen) atoms. The Labute approximate surface area is 127 Å². The van der Waals surface area contributed by atoms with E-state index in [0.29, 0.717) is 6.04 Å². The summed E-state index contributed by atoms with van der Waals surface area (Å²) in [6.07, 6.45) is 3.35. The summed E-state index contributed by atoms with van der Waals surface area (Å²) in [5.41, 5.74) is 2.69. The van der Waals surface area contributed by atoms with Gasteiger partial charge >= 0.3 is 0 Å². The molecule has 1 nitrogen and oxygen atoms in total. The molecule has 0 aromatic heterocycles. The molecule has 0 saturated carbocycles. The van der Waals surface area contributed by atoms with Crippen molar-refractivity contribution in [2.75, 3.05) is 6.54 Å². The van der Waals surface area contributed by atoms with Crippen molar-refractivity contribution >= 4 is 11.6 Å². The quantitative estimate of drug-likeness (QED) is 0.706. The number of hydrogen-bond donors (Lipinski definition) is 1. The van der Waals surface area contributed by atoms with Crippen molar-refractivity contribution in [2.45, 2.75) is 32.2 Å². The summed E-state index contributed by atoms with van der Waals surface area (Å²) in [7, 11) is 0. The third kappa shape index (κ3) is 4.66. The van der Waals surface area contributed by atoms with E-state index < -0.39 is 0 Å². The summed E-state index contributed by atoms with van der Waals surface area (Å²) in [6.45, 7) is 3.23. The van der Waals surface area contributed by atoms with Crippen molar-refractivity contribution in [1.82, 2.24) is 5.32 Å². The summed E-state index contributed by atoms with van der Waals surface area (Å²) in [4.78, 5) is 0. The molecule has 0 amide bonds. The van der Waals surface area contributed by atoms with Crippen molar-refractivity contribution in [3.63, 3.8) is 0 Å². The summed E-state index contributed by atoms with van der Waals surface area (Å²) in [5, 5.41) is 4.44. The monoisotopic (exact) mass is 287 g/mol. The van der Waals surface area contributed by atoms with Gasteiger partial charge < -0.3 is 5.32 Å². The number of aryl methyl sites for hydroxylation is 1. The third-order valence-corrected chi connectivity index (χ3v) is 3.77. The van der Waals surface area contributed by atoms with E-state index in [1.165, 1.54) is 11.1 Å². The van der Waals surface area contributed by atoms with Crippen LogP contribution in [-0.4, -0.2) is 6.54 Å². The molecule has 0 aliphatic rings. The van der Waals surface area contributed by atoms with Gasteiger partial charge in [0.05, 0.1) is 0 Å². The second-order valence-corrected chi connectivity index (χ2v) is 5.50. The van der Waals surface area contributed by atoms with Crippen LogP contribution in [0.5, 0.6) is 0 Å². The fourth-order valence-corrected chi connectivity index (χ4v) is 2.63. The van der Waals surface area contributed by atoms with Crippen LogP contribution in [0.15, 0.2) is 54.6 Å². The van der Waals surface area contributed by atoms with Crippen LogP contribution in [0.1, 0.15) is 36.9 Å². The predicted molar refractivity (Wildman–Crippen MR) is 87.2 cm³/mol. The van der Waals surface area contributed by atoms with E-state index >= 15 is 0 Å². The number of benzene rings is 2. The zero-order chi connectivity index (χ0) is 14.2. The van der Waals surface area contributed by atoms with Crippen molar-refractivity contribution in [3.8, 4) is 0 Å². The van der Waals surface area contributed by atoms with Crippen LogP contribution >= 0.6 is 11.6 Å². The largest absolute Gasteiger partial charge is 0.310 e. The lowest BCUT2D eigenvalue weighted by molar-refractivity contribution is 0.510. The van der Waals surface area contributed by atoms with E-state index in [1.54, 1.807) is 0 Å². The maximum absolute atomic E-state index is 6.06. The second-order valence-electron chi connectivity index (χ2n) is 5.06. The average Bonchev–Trinajstić information content (AvgIpc) is 2.48. The van der Waals surface area contributed by atoms with E-state index in [-0.39, 0.29) is 0 Å². The van der Waals surface area contributed by atoms with Gasteiger partial charge in [-0.15, -0.1) is 0 Å². The minimum Gasteiger partial charge on any atom is -0.310 e. The maximum Gasteiger partial charge on any atom is 0.0409 e. The first kappa shape index (κ1) is 15.1. The summed E-state index contributed by atoms with van der Waals surface area (Å²) < 4.78 is 0. The van der Waals surface area contributed by atoms with Gasteiger partial charge in [-0.2, -0.15) is 0 Å². The smallest absolute Gasteiger partial charge is 0.0409 e. The zero-order valence-electron chi connectivity index (χ0n) is 12.0. The molecule has 2 rings (SSSR count). The van der Waals surface area contributed by atoms with Gasteiger partial charge in [0.15, 0.2) is 0 Å². The molecule has 0 heterocycles. The van der Waals surface area contributed by atoms with Gasteiger partial charge in [0.2, 0.25) is 0 Å². The Kier molecular flexibility index (Phi) is 6.10. The predicted octanol–water partition coefficient (Wildman–Crippen LogP) is 5.01. The lowest BCUT2D eigenvalue weighted by atomic mass is 10.0. The third-order valence-electron chi connectivity index (χ3n) is 3.54. The van der Waals surface area contributed by atoms with Gasteiger partial charge in [0.1, 0.15) is 0 Å². The van der Waals surface area contributed by atoms with E-state index in [9.17, 15) is 0 Å². The lowest BCUT2D eigenvalue weighted by Gasteiger charge is -2.17. The Bertz CT molecular complexity index is 510. The molecule has 106 valence electrons. The molecule has 2 aromatic rings. The fraction of sp³-hybridized carbons (Fsp3) is 0.333. The molecule has 1 unspecified atom stereocenters. The van der Waals surface area contributed by atoms with E-state index in [1.807, 2.05) is 12.1 Å². The molecule has 2 heteroatoms. The van der Waals surface area contributed by atoms with E-state index in [0.717, 1.165) is 30.8 Å². The van der Waals surface area contributed by atoms with Gasteiger partial charge in [-0.05, 0) is 49.1 Å². The highest BCUT2D eigenvalue weighted by molar-refractivity contribution is 6.30. The van der Waals surface area contributed by atoms with Crippen LogP contribution in [0.4, 0.5) is 0 Å². The Morgan fingerprint density at radius 3 is 2.55 bits per heavy atom. The molecular formula is C18H22ClN. The van der Waals surface area contributed by atoms with Gasteiger partial charge in [0, 0.05) is 11.1 Å². The first-order chi connectivity index (χ1) is 9.79. The molecular weight excluding hydrogens is 266 g/mol. The SMILES string of the molecule is CCC(NCCCc1ccccc1)c1cccc(Cl)c1. The van der Waals surface area contributed by atoms with Crippen LogP contribution in [-0.2, 0) is 6.42 Å². The standard InChI is InChI=1S/C18H22ClN/c1-2-18(16-11-6-12-17(19)14-16)20-13-7-10-15-8-4-3-5-9-15/h3-6,8-9,11-12,14,18,20H,2,7,10,13H2,1H3. The van der Waals surface area contributed by atoms with Gasteiger partial charge in [-0.3, -0.25) is 0 Å². The van der Waals surface area contributed by atoms with Crippen LogP contribution < -0.4 is 5.32 Å². The minimum absolute atomic E-state index is 0.393. The first-order valence-corrected chi connectivity index (χ1v) is 7.70. The number of halogens is 1. The molecule has 1 N–H and O–H groups in total. The van der Waals surface area contributed by atoms with Crippen LogP contribution in [0, 0.1) is 0 Å². The first-order valence-electron chi connectivity index (χ1n) is 7.32. The Hall–Kier alpha value is -1.31. The number of rotatable bonds is 7. The second kappa shape index (κ2) is 8.08. The van der Waals surface area contributed by atoms with E-state index in [2.05, 4.69) is 54.7 Å². The normalized spacial score (nSPS) is 12.3. The minimum atomic E-state index is 0.393. The van der Waals surface area contributed by atoms with Crippen molar-refractivity contribution < 1.29 is 0 Å². The molecule has 0 fully saturated rings. The summed E-state index contributed by atoms with van der Waals surface area (Å²) in [5.74, 6) is 0. The molecule has 1 atom stereocenters. The lowest BCUT2D eigenvalue weighted by Crippen LogP contribution is -2.22. The van der Waals surface area contributed by atoms with Gasteiger partial charge in [-0.1, -0.05) is 61.0 Å². The topological polar surface area (TPSA) is 12.0 Å². The molecule has 0 bridgehead atoms. The van der Waals surface area contributed by atoms with Crippen molar-refractivity contribution in [3.05, 3.63) is 70.7 Å². The van der Waals surface area contributed by atoms with Crippen molar-refractivity contribution in [2.24, 2.45) is 0 Å². The molecule has 0 aliphatic carbocycles. The van der Waals surface area contributed by atoms with Gasteiger partial charge in [0.25, 0.3) is 0 Å². The maximum atomic E-state index is 6.06. The van der Waals surface area contributed by atoms with E-state index in [4.69, 9.17) is 11.6 Å². The van der Waals surface area contributed by atoms with Crippen LogP contribution in [0.3, 0.4) is 0 Å². The summed E-state index contributed by atoms with van der Waals surface area (Å²) >= 11 is 6.06. The summed E-state index contributed by atoms with van der Waals surface area (Å²) in [6, 6.07) is 19.2.